The van der Waals surface area contributed by atoms with E-state index in [1.54, 1.807) is 12.1 Å². The van der Waals surface area contributed by atoms with Crippen LogP contribution in [-0.4, -0.2) is 49.1 Å². The fourth-order valence-electron chi connectivity index (χ4n) is 3.81. The number of ether oxygens (including phenoxy) is 2. The number of aromatic amines is 1. The maximum atomic E-state index is 12.1. The molecule has 0 unspecified atom stereocenters. The predicted molar refractivity (Wildman–Crippen MR) is 132 cm³/mol. The number of H-pyrrole nitrogens is 1. The van der Waals surface area contributed by atoms with Gasteiger partial charge in [0.2, 0.25) is 5.91 Å². The molecule has 0 bridgehead atoms. The van der Waals surface area contributed by atoms with Crippen molar-refractivity contribution in [3.63, 3.8) is 0 Å². The molecule has 0 aliphatic carbocycles. The first-order chi connectivity index (χ1) is 17.5. The Balaban J connectivity index is 1.43. The van der Waals surface area contributed by atoms with Crippen molar-refractivity contribution >= 4 is 29.3 Å². The molecular weight excluding hydrogens is 484 g/mol. The molecule has 1 aliphatic heterocycles. The van der Waals surface area contributed by atoms with Crippen molar-refractivity contribution < 1.29 is 29.3 Å². The van der Waals surface area contributed by atoms with Crippen molar-refractivity contribution in [2.75, 3.05) is 11.1 Å². The molecule has 1 saturated heterocycles. The highest BCUT2D eigenvalue weighted by Crippen LogP contribution is 2.39. The third kappa shape index (κ3) is 7.37. The fraction of sp³-hybridized carbons (Fsp3) is 0.360. The molecule has 190 valence electrons. The van der Waals surface area contributed by atoms with E-state index in [0.29, 0.717) is 23.0 Å². The number of aromatic nitrogens is 3. The van der Waals surface area contributed by atoms with Gasteiger partial charge in [-0.2, -0.15) is 5.10 Å². The molecular formula is C25H28N4O6S. The van der Waals surface area contributed by atoms with Crippen LogP contribution in [0.2, 0.25) is 0 Å². The molecule has 3 atom stereocenters. The summed E-state index contributed by atoms with van der Waals surface area (Å²) in [4.78, 5) is 26.8. The second-order valence-electron chi connectivity index (χ2n) is 8.37. The predicted octanol–water partition coefficient (Wildman–Crippen LogP) is 3.83. The summed E-state index contributed by atoms with van der Waals surface area (Å²) in [6, 6.07) is 14.9. The van der Waals surface area contributed by atoms with Gasteiger partial charge >= 0.3 is 5.97 Å². The number of hydrogen-bond donors (Lipinski definition) is 4. The smallest absolute Gasteiger partial charge is 0.303 e. The Morgan fingerprint density at radius 3 is 2.47 bits per heavy atom. The molecule has 11 heteroatoms. The zero-order chi connectivity index (χ0) is 25.3. The SMILES string of the molecule is O=C(O)CCCC(=O)Nc1ccc([C@H]2O[C@@H](CSc3ncn[nH]3)C[C@@H](c3ccc(CO)cc3)O2)cc1. The van der Waals surface area contributed by atoms with E-state index in [9.17, 15) is 14.7 Å². The number of carboxylic acid groups (broad SMARTS) is 1. The monoisotopic (exact) mass is 512 g/mol. The molecule has 4 N–H and O–H groups in total. The second kappa shape index (κ2) is 12.6. The van der Waals surface area contributed by atoms with E-state index < -0.39 is 12.3 Å². The molecule has 1 fully saturated rings. The van der Waals surface area contributed by atoms with Gasteiger partial charge in [-0.3, -0.25) is 14.7 Å². The summed E-state index contributed by atoms with van der Waals surface area (Å²) in [5.74, 6) is -0.491. The van der Waals surface area contributed by atoms with Crippen LogP contribution in [0.1, 0.15) is 54.8 Å². The number of benzene rings is 2. The second-order valence-corrected chi connectivity index (χ2v) is 9.38. The third-order valence-corrected chi connectivity index (χ3v) is 6.68. The van der Waals surface area contributed by atoms with Gasteiger partial charge in [0.25, 0.3) is 0 Å². The third-order valence-electron chi connectivity index (χ3n) is 5.67. The Morgan fingerprint density at radius 1 is 1.06 bits per heavy atom. The van der Waals surface area contributed by atoms with E-state index in [1.807, 2.05) is 36.4 Å². The minimum Gasteiger partial charge on any atom is -0.481 e. The topological polar surface area (TPSA) is 147 Å². The standard InChI is InChI=1S/C25H28N4O6S/c30-13-16-4-6-17(7-5-16)21-12-20(14-36-25-26-15-27-29-25)34-24(35-21)18-8-10-19(11-9-18)28-22(31)2-1-3-23(32)33/h4-11,15,20-21,24,30H,1-3,12-14H2,(H,28,31)(H,32,33)(H,26,27,29)/t20-,21+,24+/m1/s1. The van der Waals surface area contributed by atoms with Gasteiger partial charge in [-0.05, 0) is 29.7 Å². The Bertz CT molecular complexity index is 1120. The molecule has 0 radical (unpaired) electrons. The fourth-order valence-corrected chi connectivity index (χ4v) is 4.60. The minimum atomic E-state index is -0.917. The molecule has 0 saturated carbocycles. The van der Waals surface area contributed by atoms with Crippen molar-refractivity contribution in [1.29, 1.82) is 0 Å². The van der Waals surface area contributed by atoms with Crippen molar-refractivity contribution in [3.05, 3.63) is 71.5 Å². The summed E-state index contributed by atoms with van der Waals surface area (Å²) in [7, 11) is 0. The summed E-state index contributed by atoms with van der Waals surface area (Å²) in [6.45, 7) is -0.0174. The van der Waals surface area contributed by atoms with Gasteiger partial charge < -0.3 is 25.0 Å². The first-order valence-electron chi connectivity index (χ1n) is 11.6. The zero-order valence-electron chi connectivity index (χ0n) is 19.5. The first-order valence-corrected chi connectivity index (χ1v) is 12.6. The van der Waals surface area contributed by atoms with Gasteiger partial charge in [0, 0.05) is 36.3 Å². The lowest BCUT2D eigenvalue weighted by Gasteiger charge is -2.36. The van der Waals surface area contributed by atoms with Crippen molar-refractivity contribution in [2.24, 2.45) is 0 Å². The molecule has 1 amide bonds. The number of aliphatic hydroxyl groups is 1. The van der Waals surface area contributed by atoms with E-state index >= 15 is 0 Å². The molecule has 4 rings (SSSR count). The highest BCUT2D eigenvalue weighted by molar-refractivity contribution is 7.99. The summed E-state index contributed by atoms with van der Waals surface area (Å²) in [6.07, 6.45) is 1.58. The number of carbonyl (C=O) groups is 2. The maximum Gasteiger partial charge on any atom is 0.303 e. The van der Waals surface area contributed by atoms with Crippen LogP contribution in [0.4, 0.5) is 5.69 Å². The van der Waals surface area contributed by atoms with Crippen LogP contribution >= 0.6 is 11.8 Å². The number of amides is 1. The first kappa shape index (κ1) is 25.8. The van der Waals surface area contributed by atoms with Gasteiger partial charge in [-0.15, -0.1) is 0 Å². The highest BCUT2D eigenvalue weighted by atomic mass is 32.2. The van der Waals surface area contributed by atoms with Crippen molar-refractivity contribution in [1.82, 2.24) is 15.2 Å². The summed E-state index contributed by atoms with van der Waals surface area (Å²) >= 11 is 1.52. The van der Waals surface area contributed by atoms with Crippen LogP contribution in [0.15, 0.2) is 60.0 Å². The van der Waals surface area contributed by atoms with Gasteiger partial charge in [-0.25, -0.2) is 4.98 Å². The van der Waals surface area contributed by atoms with E-state index in [2.05, 4.69) is 20.5 Å². The number of carbonyl (C=O) groups excluding carboxylic acids is 1. The number of hydrogen-bond acceptors (Lipinski definition) is 8. The van der Waals surface area contributed by atoms with E-state index in [-0.39, 0.29) is 44.0 Å². The van der Waals surface area contributed by atoms with Crippen LogP contribution in [0.5, 0.6) is 0 Å². The van der Waals surface area contributed by atoms with Gasteiger partial charge in [0.1, 0.15) is 6.33 Å². The molecule has 2 aromatic carbocycles. The average Bonchev–Trinajstić information content (AvgIpc) is 3.41. The van der Waals surface area contributed by atoms with Gasteiger partial charge in [-0.1, -0.05) is 48.2 Å². The highest BCUT2D eigenvalue weighted by Gasteiger charge is 2.32. The minimum absolute atomic E-state index is 0.0174. The molecule has 1 aliphatic rings. The normalized spacial score (nSPS) is 19.6. The number of aliphatic carboxylic acids is 1. The van der Waals surface area contributed by atoms with Crippen LogP contribution in [0, 0.1) is 0 Å². The largest absolute Gasteiger partial charge is 0.481 e. The molecule has 2 heterocycles. The Labute approximate surface area is 212 Å². The lowest BCUT2D eigenvalue weighted by Crippen LogP contribution is -2.31. The lowest BCUT2D eigenvalue weighted by molar-refractivity contribution is -0.245. The summed E-state index contributed by atoms with van der Waals surface area (Å²) in [5, 5.41) is 28.3. The van der Waals surface area contributed by atoms with Crippen LogP contribution in [0.25, 0.3) is 0 Å². The number of aliphatic hydroxyl groups excluding tert-OH is 1. The number of carboxylic acids is 1. The number of thioether (sulfide) groups is 1. The molecule has 0 spiro atoms. The summed E-state index contributed by atoms with van der Waals surface area (Å²) < 4.78 is 12.6. The van der Waals surface area contributed by atoms with Crippen LogP contribution in [0.3, 0.4) is 0 Å². The number of nitrogens with one attached hydrogen (secondary N) is 2. The quantitative estimate of drug-likeness (QED) is 0.281. The number of anilines is 1. The van der Waals surface area contributed by atoms with Gasteiger partial charge in [0.15, 0.2) is 11.4 Å². The average molecular weight is 513 g/mol. The van der Waals surface area contributed by atoms with Crippen molar-refractivity contribution in [3.8, 4) is 0 Å². The summed E-state index contributed by atoms with van der Waals surface area (Å²) in [5.41, 5.74) is 3.26. The van der Waals surface area contributed by atoms with E-state index in [1.165, 1.54) is 18.1 Å². The zero-order valence-corrected chi connectivity index (χ0v) is 20.3. The van der Waals surface area contributed by atoms with E-state index in [4.69, 9.17) is 14.6 Å². The maximum absolute atomic E-state index is 12.1. The molecule has 1 aromatic heterocycles. The van der Waals surface area contributed by atoms with Crippen LogP contribution in [-0.2, 0) is 25.7 Å². The lowest BCUT2D eigenvalue weighted by atomic mass is 10.0. The van der Waals surface area contributed by atoms with Crippen molar-refractivity contribution in [2.45, 2.75) is 55.9 Å². The van der Waals surface area contributed by atoms with Gasteiger partial charge in [0.05, 0.1) is 18.8 Å². The Hall–Kier alpha value is -3.25. The number of rotatable bonds is 11. The molecule has 10 nitrogen and oxygen atoms in total. The number of nitrogens with zero attached hydrogens (tertiary/aromatic N) is 2. The molecule has 3 aromatic rings. The van der Waals surface area contributed by atoms with Crippen LogP contribution < -0.4 is 5.32 Å². The van der Waals surface area contributed by atoms with E-state index in [0.717, 1.165) is 16.7 Å². The Morgan fingerprint density at radius 2 is 1.81 bits per heavy atom. The molecule has 36 heavy (non-hydrogen) atoms. The Kier molecular flexibility index (Phi) is 9.06.